The highest BCUT2D eigenvalue weighted by atomic mass is 16.5. The van der Waals surface area contributed by atoms with Crippen LogP contribution in [0.1, 0.15) is 215 Å². The number of rotatable bonds is 47. The number of hydrogen-bond donors (Lipinski definition) is 1. The normalized spacial score (nSPS) is 14.8. The lowest BCUT2D eigenvalue weighted by Gasteiger charge is -2.36. The highest BCUT2D eigenvalue weighted by Crippen LogP contribution is 2.22. The van der Waals surface area contributed by atoms with E-state index in [1.54, 1.807) is 0 Å². The molecule has 68 heavy (non-hydrogen) atoms. The van der Waals surface area contributed by atoms with Crippen molar-refractivity contribution in [2.24, 2.45) is 17.8 Å². The summed E-state index contributed by atoms with van der Waals surface area (Å²) in [6.07, 6.45) is 26.9. The first-order chi connectivity index (χ1) is 33.1. The molecule has 0 bridgehead atoms. The molecule has 0 saturated carbocycles. The van der Waals surface area contributed by atoms with Crippen LogP contribution in [0.15, 0.2) is 0 Å². The van der Waals surface area contributed by atoms with E-state index in [9.17, 15) is 19.2 Å². The Kier molecular flexibility index (Phi) is 41.8. The van der Waals surface area contributed by atoms with Crippen LogP contribution >= 0.6 is 0 Å². The van der Waals surface area contributed by atoms with Gasteiger partial charge in [0.15, 0.2) is 0 Å². The standard InChI is InChI=1S/C56H109N5O7/c1-8-15-21-24-30-50(27-18-11-4)54(63)66-47-44-60(41-40-59-38-36-58(37-39-59)35-33-53(62)57-34-14-7)42-43-61(45-48-67-55(64)51(28-19-12-5)31-25-22-16-9-2)46-49-68-56(65)52(29-20-13-6)32-26-23-17-10-3/h50-52H,8-49H2,1-7H3,(H,57,62). The lowest BCUT2D eigenvalue weighted by atomic mass is 9.95. The predicted molar refractivity (Wildman–Crippen MR) is 282 cm³/mol. The van der Waals surface area contributed by atoms with Crippen molar-refractivity contribution in [3.05, 3.63) is 0 Å². The van der Waals surface area contributed by atoms with E-state index in [0.717, 1.165) is 181 Å². The number of esters is 3. The van der Waals surface area contributed by atoms with Gasteiger partial charge in [-0.25, -0.2) is 0 Å². The molecule has 0 spiro atoms. The summed E-state index contributed by atoms with van der Waals surface area (Å²) < 4.78 is 18.2. The predicted octanol–water partition coefficient (Wildman–Crippen LogP) is 11.1. The number of nitrogens with one attached hydrogen (secondary N) is 1. The Morgan fingerprint density at radius 1 is 0.412 bits per heavy atom. The molecule has 1 aliphatic rings. The van der Waals surface area contributed by atoms with Crippen LogP contribution in [-0.4, -0.2) is 148 Å². The molecule has 0 aliphatic carbocycles. The van der Waals surface area contributed by atoms with Crippen LogP contribution in [0.3, 0.4) is 0 Å². The topological polar surface area (TPSA) is 121 Å². The summed E-state index contributed by atoms with van der Waals surface area (Å²) in [6.45, 7) is 26.5. The van der Waals surface area contributed by atoms with E-state index >= 15 is 0 Å². The van der Waals surface area contributed by atoms with E-state index in [0.29, 0.717) is 52.4 Å². The zero-order valence-corrected chi connectivity index (χ0v) is 45.6. The summed E-state index contributed by atoms with van der Waals surface area (Å²) in [7, 11) is 0. The maximum absolute atomic E-state index is 13.5. The van der Waals surface area contributed by atoms with E-state index in [1.807, 2.05) is 0 Å². The largest absolute Gasteiger partial charge is 0.464 e. The first-order valence-corrected chi connectivity index (χ1v) is 28.8. The van der Waals surface area contributed by atoms with E-state index in [2.05, 4.69) is 73.4 Å². The number of carbonyl (C=O) groups is 4. The van der Waals surface area contributed by atoms with Crippen molar-refractivity contribution < 1.29 is 33.4 Å². The highest BCUT2D eigenvalue weighted by molar-refractivity contribution is 5.76. The Balaban J connectivity index is 3.14. The first-order valence-electron chi connectivity index (χ1n) is 28.8. The number of piperazine rings is 1. The molecule has 0 aromatic carbocycles. The third-order valence-electron chi connectivity index (χ3n) is 14.0. The Morgan fingerprint density at radius 2 is 0.750 bits per heavy atom. The van der Waals surface area contributed by atoms with Gasteiger partial charge in [0.25, 0.3) is 0 Å². The lowest BCUT2D eigenvalue weighted by Crippen LogP contribution is -2.49. The highest BCUT2D eigenvalue weighted by Gasteiger charge is 2.24. The summed E-state index contributed by atoms with van der Waals surface area (Å²) in [5.74, 6) is -0.213. The van der Waals surface area contributed by atoms with Crippen molar-refractivity contribution in [1.29, 1.82) is 0 Å². The van der Waals surface area contributed by atoms with E-state index in [4.69, 9.17) is 14.2 Å². The van der Waals surface area contributed by atoms with Crippen LogP contribution in [0.4, 0.5) is 0 Å². The van der Waals surface area contributed by atoms with Gasteiger partial charge in [0, 0.05) is 91.5 Å². The average molecular weight is 965 g/mol. The number of ether oxygens (including phenoxy) is 3. The minimum atomic E-state index is -0.0749. The summed E-state index contributed by atoms with van der Waals surface area (Å²) in [4.78, 5) is 62.4. The molecule has 12 nitrogen and oxygen atoms in total. The SMILES string of the molecule is CCCCCCC(CCCC)C(=O)OCCN(CCOC(=O)C(CCCC)CCCCCC)CCN(CCOC(=O)C(CCCC)CCCCCC)CCN1CCN(CCC(=O)NCCC)CC1. The molecule has 1 amide bonds. The fraction of sp³-hybridized carbons (Fsp3) is 0.929. The van der Waals surface area contributed by atoms with Crippen molar-refractivity contribution in [3.8, 4) is 0 Å². The van der Waals surface area contributed by atoms with Crippen molar-refractivity contribution in [1.82, 2.24) is 24.9 Å². The molecule has 0 aromatic rings. The minimum Gasteiger partial charge on any atom is -0.464 e. The summed E-state index contributed by atoms with van der Waals surface area (Å²) in [6, 6.07) is 0. The van der Waals surface area contributed by atoms with Gasteiger partial charge in [0.2, 0.25) is 5.91 Å². The molecule has 1 fully saturated rings. The van der Waals surface area contributed by atoms with Gasteiger partial charge in [-0.15, -0.1) is 0 Å². The zero-order chi connectivity index (χ0) is 49.9. The van der Waals surface area contributed by atoms with Gasteiger partial charge in [-0.05, 0) is 44.9 Å². The van der Waals surface area contributed by atoms with Crippen LogP contribution < -0.4 is 5.32 Å². The Hall–Kier alpha value is -2.28. The number of amides is 1. The van der Waals surface area contributed by atoms with Gasteiger partial charge in [-0.1, -0.05) is 164 Å². The Bertz CT molecular complexity index is 1180. The Labute approximate surface area is 418 Å². The molecule has 1 N–H and O–H groups in total. The maximum atomic E-state index is 13.5. The zero-order valence-electron chi connectivity index (χ0n) is 45.6. The van der Waals surface area contributed by atoms with Crippen LogP contribution in [-0.2, 0) is 33.4 Å². The molecule has 3 unspecified atom stereocenters. The fourth-order valence-corrected chi connectivity index (χ4v) is 9.21. The van der Waals surface area contributed by atoms with E-state index in [-0.39, 0.29) is 41.6 Å². The third-order valence-corrected chi connectivity index (χ3v) is 14.0. The van der Waals surface area contributed by atoms with Gasteiger partial charge >= 0.3 is 17.9 Å². The summed E-state index contributed by atoms with van der Waals surface area (Å²) >= 11 is 0. The lowest BCUT2D eigenvalue weighted by molar-refractivity contribution is -0.151. The number of hydrogen-bond acceptors (Lipinski definition) is 11. The Morgan fingerprint density at radius 3 is 1.10 bits per heavy atom. The van der Waals surface area contributed by atoms with Crippen molar-refractivity contribution in [2.45, 2.75) is 215 Å². The summed E-state index contributed by atoms with van der Waals surface area (Å²) in [5.41, 5.74) is 0. The van der Waals surface area contributed by atoms with Gasteiger partial charge in [0.05, 0.1) is 17.8 Å². The van der Waals surface area contributed by atoms with Crippen molar-refractivity contribution in [3.63, 3.8) is 0 Å². The number of carbonyl (C=O) groups excluding carboxylic acids is 4. The van der Waals surface area contributed by atoms with Gasteiger partial charge in [-0.2, -0.15) is 0 Å². The minimum absolute atomic E-state index is 0.0361. The molecule has 0 radical (unpaired) electrons. The molecule has 1 aliphatic heterocycles. The molecular weight excluding hydrogens is 855 g/mol. The molecule has 12 heteroatoms. The molecule has 400 valence electrons. The molecule has 3 atom stereocenters. The second-order valence-corrected chi connectivity index (χ2v) is 20.0. The smallest absolute Gasteiger partial charge is 0.308 e. The second kappa shape index (κ2) is 44.6. The second-order valence-electron chi connectivity index (χ2n) is 20.0. The van der Waals surface area contributed by atoms with Gasteiger partial charge < -0.3 is 24.4 Å². The number of unbranched alkanes of at least 4 members (excludes halogenated alkanes) is 12. The molecular formula is C56H109N5O7. The van der Waals surface area contributed by atoms with Gasteiger partial charge in [0.1, 0.15) is 19.8 Å². The monoisotopic (exact) mass is 964 g/mol. The van der Waals surface area contributed by atoms with Crippen molar-refractivity contribution >= 4 is 23.8 Å². The molecule has 1 heterocycles. The third kappa shape index (κ3) is 33.3. The van der Waals surface area contributed by atoms with E-state index < -0.39 is 0 Å². The molecule has 1 rings (SSSR count). The van der Waals surface area contributed by atoms with Gasteiger partial charge in [-0.3, -0.25) is 33.9 Å². The first kappa shape index (κ1) is 63.7. The molecule has 1 saturated heterocycles. The van der Waals surface area contributed by atoms with Crippen LogP contribution in [0.25, 0.3) is 0 Å². The van der Waals surface area contributed by atoms with Crippen LogP contribution in [0, 0.1) is 17.8 Å². The maximum Gasteiger partial charge on any atom is 0.308 e. The van der Waals surface area contributed by atoms with Crippen LogP contribution in [0.2, 0.25) is 0 Å². The summed E-state index contributed by atoms with van der Waals surface area (Å²) in [5, 5.41) is 3.00. The quantitative estimate of drug-likeness (QED) is 0.0356. The fourth-order valence-electron chi connectivity index (χ4n) is 9.21. The molecule has 0 aromatic heterocycles. The number of nitrogens with zero attached hydrogens (tertiary/aromatic N) is 4. The van der Waals surface area contributed by atoms with Crippen molar-refractivity contribution in [2.75, 3.05) is 105 Å². The van der Waals surface area contributed by atoms with Crippen LogP contribution in [0.5, 0.6) is 0 Å². The van der Waals surface area contributed by atoms with E-state index in [1.165, 1.54) is 38.5 Å². The average Bonchev–Trinajstić information content (AvgIpc) is 3.34.